The first-order valence-corrected chi connectivity index (χ1v) is 5.81. The lowest BCUT2D eigenvalue weighted by Crippen LogP contribution is -2.33. The van der Waals surface area contributed by atoms with Gasteiger partial charge in [0, 0.05) is 18.8 Å². The van der Waals surface area contributed by atoms with Crippen molar-refractivity contribution in [2.24, 2.45) is 0 Å². The van der Waals surface area contributed by atoms with Crippen LogP contribution in [0.15, 0.2) is 12.3 Å². The van der Waals surface area contributed by atoms with E-state index in [1.165, 1.54) is 25.9 Å². The number of hydrogen-bond acceptors (Lipinski definition) is 5. The highest BCUT2D eigenvalue weighted by molar-refractivity contribution is 5.35. The number of aromatic nitrogens is 2. The van der Waals surface area contributed by atoms with E-state index in [1.54, 1.807) is 12.3 Å². The second-order valence-electron chi connectivity index (χ2n) is 4.36. The number of likely N-dealkylation sites (tertiary alicyclic amines) is 1. The quantitative estimate of drug-likeness (QED) is 0.792. The molecule has 0 amide bonds. The highest BCUT2D eigenvalue weighted by Gasteiger charge is 2.14. The van der Waals surface area contributed by atoms with Gasteiger partial charge in [0.2, 0.25) is 5.95 Å². The lowest BCUT2D eigenvalue weighted by Gasteiger charge is -2.21. The van der Waals surface area contributed by atoms with E-state index in [0.717, 1.165) is 6.54 Å². The summed E-state index contributed by atoms with van der Waals surface area (Å²) in [4.78, 5) is 10.7. The number of nitrogen functional groups attached to an aromatic ring is 1. The molecule has 1 aromatic rings. The Morgan fingerprint density at radius 3 is 2.94 bits per heavy atom. The van der Waals surface area contributed by atoms with Crippen molar-refractivity contribution in [1.29, 1.82) is 0 Å². The van der Waals surface area contributed by atoms with Crippen LogP contribution in [0.1, 0.15) is 19.8 Å². The lowest BCUT2D eigenvalue weighted by atomic mass is 10.3. The summed E-state index contributed by atoms with van der Waals surface area (Å²) >= 11 is 0. The first-order chi connectivity index (χ1) is 7.74. The average Bonchev–Trinajstić information content (AvgIpc) is 2.70. The van der Waals surface area contributed by atoms with Crippen LogP contribution in [0.2, 0.25) is 0 Å². The Kier molecular flexibility index (Phi) is 3.56. The third-order valence-electron chi connectivity index (χ3n) is 2.78. The molecule has 1 fully saturated rings. The fourth-order valence-electron chi connectivity index (χ4n) is 2.06. The van der Waals surface area contributed by atoms with E-state index in [-0.39, 0.29) is 0 Å². The normalized spacial score (nSPS) is 18.6. The first kappa shape index (κ1) is 11.1. The molecule has 2 heterocycles. The summed E-state index contributed by atoms with van der Waals surface area (Å²) in [5.41, 5.74) is 5.60. The summed E-state index contributed by atoms with van der Waals surface area (Å²) in [5, 5.41) is 3.27. The van der Waals surface area contributed by atoms with Crippen molar-refractivity contribution < 1.29 is 0 Å². The van der Waals surface area contributed by atoms with Gasteiger partial charge in [-0.15, -0.1) is 0 Å². The van der Waals surface area contributed by atoms with E-state index in [4.69, 9.17) is 5.73 Å². The standard InChI is InChI=1S/C11H19N5/c1-9(8-16-6-2-3-7-16)14-11-13-5-4-10(12)15-11/h4-5,9H,2-3,6-8H2,1H3,(H3,12,13,14,15). The zero-order chi connectivity index (χ0) is 11.4. The summed E-state index contributed by atoms with van der Waals surface area (Å²) < 4.78 is 0. The van der Waals surface area contributed by atoms with Crippen molar-refractivity contribution in [1.82, 2.24) is 14.9 Å². The minimum atomic E-state index is 0.347. The number of anilines is 2. The number of rotatable bonds is 4. The summed E-state index contributed by atoms with van der Waals surface area (Å²) in [6.07, 6.45) is 4.32. The predicted octanol–water partition coefficient (Wildman–Crippen LogP) is 0.955. The summed E-state index contributed by atoms with van der Waals surface area (Å²) in [5.74, 6) is 1.12. The third-order valence-corrected chi connectivity index (χ3v) is 2.78. The molecular formula is C11H19N5. The van der Waals surface area contributed by atoms with E-state index < -0.39 is 0 Å². The van der Waals surface area contributed by atoms with Crippen LogP contribution in [0.4, 0.5) is 11.8 Å². The molecule has 0 radical (unpaired) electrons. The molecule has 1 aliphatic rings. The highest BCUT2D eigenvalue weighted by atomic mass is 15.2. The van der Waals surface area contributed by atoms with E-state index in [1.807, 2.05) is 0 Å². The Morgan fingerprint density at radius 2 is 2.25 bits per heavy atom. The summed E-state index contributed by atoms with van der Waals surface area (Å²) in [6, 6.07) is 2.04. The van der Waals surface area contributed by atoms with Gasteiger partial charge in [-0.25, -0.2) is 4.98 Å². The summed E-state index contributed by atoms with van der Waals surface area (Å²) in [6.45, 7) is 5.61. The molecule has 0 aromatic carbocycles. The zero-order valence-corrected chi connectivity index (χ0v) is 9.69. The molecule has 0 spiro atoms. The second-order valence-corrected chi connectivity index (χ2v) is 4.36. The van der Waals surface area contributed by atoms with E-state index in [0.29, 0.717) is 17.8 Å². The van der Waals surface area contributed by atoms with Crippen LogP contribution < -0.4 is 11.1 Å². The maximum absolute atomic E-state index is 5.60. The van der Waals surface area contributed by atoms with Gasteiger partial charge >= 0.3 is 0 Å². The van der Waals surface area contributed by atoms with Crippen LogP contribution >= 0.6 is 0 Å². The monoisotopic (exact) mass is 221 g/mol. The predicted molar refractivity (Wildman–Crippen MR) is 65.2 cm³/mol. The van der Waals surface area contributed by atoms with E-state index >= 15 is 0 Å². The van der Waals surface area contributed by atoms with Gasteiger partial charge in [0.25, 0.3) is 0 Å². The van der Waals surface area contributed by atoms with E-state index in [9.17, 15) is 0 Å². The van der Waals surface area contributed by atoms with Gasteiger partial charge in [-0.2, -0.15) is 4.98 Å². The van der Waals surface area contributed by atoms with Crippen molar-refractivity contribution in [3.8, 4) is 0 Å². The van der Waals surface area contributed by atoms with Crippen LogP contribution in [0.5, 0.6) is 0 Å². The Bertz CT molecular complexity index is 335. The molecule has 5 nitrogen and oxygen atoms in total. The topological polar surface area (TPSA) is 67.1 Å². The van der Waals surface area contributed by atoms with Crippen molar-refractivity contribution in [3.05, 3.63) is 12.3 Å². The minimum absolute atomic E-state index is 0.347. The molecular weight excluding hydrogens is 202 g/mol. The average molecular weight is 221 g/mol. The first-order valence-electron chi connectivity index (χ1n) is 5.81. The largest absolute Gasteiger partial charge is 0.384 e. The van der Waals surface area contributed by atoms with Crippen molar-refractivity contribution in [3.63, 3.8) is 0 Å². The third kappa shape index (κ3) is 3.06. The second kappa shape index (κ2) is 5.12. The van der Waals surface area contributed by atoms with Gasteiger partial charge in [0.15, 0.2) is 0 Å². The number of nitrogens with zero attached hydrogens (tertiary/aromatic N) is 3. The molecule has 0 saturated carbocycles. The molecule has 1 aliphatic heterocycles. The van der Waals surface area contributed by atoms with Crippen LogP contribution in [-0.2, 0) is 0 Å². The van der Waals surface area contributed by atoms with Crippen molar-refractivity contribution in [2.75, 3.05) is 30.7 Å². The van der Waals surface area contributed by atoms with Gasteiger partial charge in [0.1, 0.15) is 5.82 Å². The number of nitrogens with two attached hydrogens (primary N) is 1. The molecule has 1 aromatic heterocycles. The summed E-state index contributed by atoms with van der Waals surface area (Å²) in [7, 11) is 0. The smallest absolute Gasteiger partial charge is 0.224 e. The SMILES string of the molecule is CC(CN1CCCC1)Nc1nccc(N)n1. The van der Waals surface area contributed by atoms with Crippen LogP contribution in [0.3, 0.4) is 0 Å². The molecule has 1 saturated heterocycles. The Labute approximate surface area is 96.1 Å². The molecule has 3 N–H and O–H groups in total. The molecule has 1 atom stereocenters. The van der Waals surface area contributed by atoms with Crippen LogP contribution in [0.25, 0.3) is 0 Å². The van der Waals surface area contributed by atoms with Crippen molar-refractivity contribution >= 4 is 11.8 Å². The fourth-order valence-corrected chi connectivity index (χ4v) is 2.06. The molecule has 16 heavy (non-hydrogen) atoms. The minimum Gasteiger partial charge on any atom is -0.384 e. The van der Waals surface area contributed by atoms with E-state index in [2.05, 4.69) is 27.1 Å². The highest BCUT2D eigenvalue weighted by Crippen LogP contribution is 2.09. The maximum Gasteiger partial charge on any atom is 0.224 e. The molecule has 5 heteroatoms. The Hall–Kier alpha value is -1.36. The molecule has 88 valence electrons. The number of hydrogen-bond donors (Lipinski definition) is 2. The molecule has 0 bridgehead atoms. The molecule has 0 aliphatic carbocycles. The van der Waals surface area contributed by atoms with Gasteiger partial charge in [-0.1, -0.05) is 0 Å². The zero-order valence-electron chi connectivity index (χ0n) is 9.69. The fraction of sp³-hybridized carbons (Fsp3) is 0.636. The van der Waals surface area contributed by atoms with Crippen LogP contribution in [-0.4, -0.2) is 40.5 Å². The Balaban J connectivity index is 1.84. The lowest BCUT2D eigenvalue weighted by molar-refractivity contribution is 0.327. The Morgan fingerprint density at radius 1 is 1.50 bits per heavy atom. The van der Waals surface area contributed by atoms with Gasteiger partial charge < -0.3 is 16.0 Å². The molecule has 1 unspecified atom stereocenters. The van der Waals surface area contributed by atoms with Crippen LogP contribution in [0, 0.1) is 0 Å². The van der Waals surface area contributed by atoms with Gasteiger partial charge in [-0.3, -0.25) is 0 Å². The van der Waals surface area contributed by atoms with Gasteiger partial charge in [0.05, 0.1) is 0 Å². The van der Waals surface area contributed by atoms with Gasteiger partial charge in [-0.05, 0) is 38.9 Å². The number of nitrogens with one attached hydrogen (secondary N) is 1. The van der Waals surface area contributed by atoms with Crippen molar-refractivity contribution in [2.45, 2.75) is 25.8 Å². The molecule has 2 rings (SSSR count). The maximum atomic E-state index is 5.60.